The van der Waals surface area contributed by atoms with Crippen molar-refractivity contribution in [2.75, 3.05) is 0 Å². The summed E-state index contributed by atoms with van der Waals surface area (Å²) in [4.78, 5) is 11.8. The van der Waals surface area contributed by atoms with Gasteiger partial charge in [-0.15, -0.1) is 0 Å². The molecule has 2 fully saturated rings. The lowest BCUT2D eigenvalue weighted by molar-refractivity contribution is 0.0592. The molecule has 2 aliphatic rings. The van der Waals surface area contributed by atoms with E-state index in [0.717, 1.165) is 25.7 Å². The average molecular weight is 239 g/mol. The van der Waals surface area contributed by atoms with Gasteiger partial charge in [0.25, 0.3) is 0 Å². The number of amides is 1. The van der Waals surface area contributed by atoms with E-state index < -0.39 is 0 Å². The van der Waals surface area contributed by atoms with Gasteiger partial charge in [0, 0.05) is 6.04 Å². The maximum absolute atomic E-state index is 11.8. The summed E-state index contributed by atoms with van der Waals surface area (Å²) in [5.41, 5.74) is 0. The molecular formula is C14H25NO2. The zero-order valence-electron chi connectivity index (χ0n) is 10.9. The van der Waals surface area contributed by atoms with Gasteiger partial charge in [0.2, 0.25) is 0 Å². The SMILES string of the molecule is C[C@@H]1CCC[C@H](OC(=O)NC2CCCCC2)C1. The first-order valence-corrected chi connectivity index (χ1v) is 7.21. The highest BCUT2D eigenvalue weighted by atomic mass is 16.6. The van der Waals surface area contributed by atoms with Crippen LogP contribution in [0.25, 0.3) is 0 Å². The van der Waals surface area contributed by atoms with Crippen LogP contribution in [0.15, 0.2) is 0 Å². The van der Waals surface area contributed by atoms with Gasteiger partial charge >= 0.3 is 6.09 Å². The van der Waals surface area contributed by atoms with Gasteiger partial charge in [0.15, 0.2) is 0 Å². The van der Waals surface area contributed by atoms with Crippen LogP contribution in [-0.2, 0) is 4.74 Å². The molecule has 17 heavy (non-hydrogen) atoms. The highest BCUT2D eigenvalue weighted by molar-refractivity contribution is 5.67. The topological polar surface area (TPSA) is 38.3 Å². The monoisotopic (exact) mass is 239 g/mol. The van der Waals surface area contributed by atoms with Gasteiger partial charge in [-0.2, -0.15) is 0 Å². The van der Waals surface area contributed by atoms with Crippen molar-refractivity contribution in [3.8, 4) is 0 Å². The van der Waals surface area contributed by atoms with Crippen molar-refractivity contribution in [1.82, 2.24) is 5.32 Å². The van der Waals surface area contributed by atoms with E-state index in [-0.39, 0.29) is 12.2 Å². The lowest BCUT2D eigenvalue weighted by Gasteiger charge is -2.28. The molecule has 1 N–H and O–H groups in total. The summed E-state index contributed by atoms with van der Waals surface area (Å²) in [6.07, 6.45) is 10.6. The summed E-state index contributed by atoms with van der Waals surface area (Å²) in [5, 5.41) is 3.02. The average Bonchev–Trinajstić information content (AvgIpc) is 2.30. The summed E-state index contributed by atoms with van der Waals surface area (Å²) in [5.74, 6) is 0.705. The standard InChI is InChI=1S/C14H25NO2/c1-11-6-5-9-13(10-11)17-14(16)15-12-7-3-2-4-8-12/h11-13H,2-10H2,1H3,(H,15,16)/t11-,13+/m1/s1. The molecule has 2 rings (SSSR count). The predicted molar refractivity (Wildman–Crippen MR) is 67.9 cm³/mol. The van der Waals surface area contributed by atoms with E-state index in [9.17, 15) is 4.79 Å². The summed E-state index contributed by atoms with van der Waals surface area (Å²) >= 11 is 0. The van der Waals surface area contributed by atoms with Crippen LogP contribution in [0.1, 0.15) is 64.7 Å². The third-order valence-corrected chi connectivity index (χ3v) is 4.09. The minimum absolute atomic E-state index is 0.155. The summed E-state index contributed by atoms with van der Waals surface area (Å²) in [6.45, 7) is 2.24. The van der Waals surface area contributed by atoms with Crippen molar-refractivity contribution in [3.05, 3.63) is 0 Å². The molecule has 0 bridgehead atoms. The van der Waals surface area contributed by atoms with Crippen LogP contribution in [0.2, 0.25) is 0 Å². The lowest BCUT2D eigenvalue weighted by atomic mass is 9.89. The van der Waals surface area contributed by atoms with E-state index in [0.29, 0.717) is 12.0 Å². The molecule has 0 aromatic carbocycles. The number of alkyl carbamates (subject to hydrolysis) is 1. The maximum atomic E-state index is 11.8. The zero-order valence-corrected chi connectivity index (χ0v) is 10.9. The summed E-state index contributed by atoms with van der Waals surface area (Å²) < 4.78 is 5.51. The van der Waals surface area contributed by atoms with E-state index in [4.69, 9.17) is 4.74 Å². The van der Waals surface area contributed by atoms with Gasteiger partial charge in [0.1, 0.15) is 6.10 Å². The van der Waals surface area contributed by atoms with Gasteiger partial charge in [0.05, 0.1) is 0 Å². The van der Waals surface area contributed by atoms with Crippen LogP contribution >= 0.6 is 0 Å². The van der Waals surface area contributed by atoms with E-state index in [1.807, 2.05) is 0 Å². The third kappa shape index (κ3) is 4.21. The molecule has 3 heteroatoms. The molecule has 0 aliphatic heterocycles. The quantitative estimate of drug-likeness (QED) is 0.799. The van der Waals surface area contributed by atoms with E-state index in [1.165, 1.54) is 32.1 Å². The van der Waals surface area contributed by atoms with Crippen molar-refractivity contribution in [2.24, 2.45) is 5.92 Å². The van der Waals surface area contributed by atoms with Gasteiger partial charge in [-0.05, 0) is 38.0 Å². The fourth-order valence-corrected chi connectivity index (χ4v) is 3.08. The Morgan fingerprint density at radius 2 is 1.82 bits per heavy atom. The van der Waals surface area contributed by atoms with Crippen molar-refractivity contribution in [2.45, 2.75) is 76.9 Å². The first kappa shape index (κ1) is 12.7. The number of carbonyl (C=O) groups is 1. The Kier molecular flexibility index (Phi) is 4.69. The van der Waals surface area contributed by atoms with Crippen LogP contribution in [0.5, 0.6) is 0 Å². The minimum Gasteiger partial charge on any atom is -0.446 e. The van der Waals surface area contributed by atoms with E-state index >= 15 is 0 Å². The normalized spacial score (nSPS) is 30.9. The van der Waals surface area contributed by atoms with E-state index in [1.54, 1.807) is 0 Å². The number of rotatable bonds is 2. The molecule has 0 saturated heterocycles. The Balaban J connectivity index is 1.68. The number of nitrogens with one attached hydrogen (secondary N) is 1. The van der Waals surface area contributed by atoms with Crippen LogP contribution in [0, 0.1) is 5.92 Å². The number of ether oxygens (including phenoxy) is 1. The van der Waals surface area contributed by atoms with Gasteiger partial charge in [-0.25, -0.2) is 4.79 Å². The predicted octanol–water partition coefficient (Wildman–Crippen LogP) is 3.62. The molecule has 2 atom stereocenters. The second-order valence-electron chi connectivity index (χ2n) is 5.78. The molecule has 0 aromatic rings. The molecule has 0 spiro atoms. The van der Waals surface area contributed by atoms with Crippen molar-refractivity contribution < 1.29 is 9.53 Å². The first-order valence-electron chi connectivity index (χ1n) is 7.21. The maximum Gasteiger partial charge on any atom is 0.407 e. The first-order chi connectivity index (χ1) is 8.24. The number of carbonyl (C=O) groups excluding carboxylic acids is 1. The Morgan fingerprint density at radius 1 is 1.06 bits per heavy atom. The zero-order chi connectivity index (χ0) is 12.1. The Hall–Kier alpha value is -0.730. The second kappa shape index (κ2) is 6.27. The number of hydrogen-bond donors (Lipinski definition) is 1. The fourth-order valence-electron chi connectivity index (χ4n) is 3.08. The minimum atomic E-state index is -0.184. The van der Waals surface area contributed by atoms with Crippen LogP contribution in [-0.4, -0.2) is 18.2 Å². The summed E-state index contributed by atoms with van der Waals surface area (Å²) in [7, 11) is 0. The van der Waals surface area contributed by atoms with Gasteiger partial charge in [-0.1, -0.05) is 32.6 Å². The van der Waals surface area contributed by atoms with Crippen LogP contribution < -0.4 is 5.32 Å². The Bertz CT molecular complexity index is 249. The Morgan fingerprint density at radius 3 is 2.53 bits per heavy atom. The smallest absolute Gasteiger partial charge is 0.407 e. The van der Waals surface area contributed by atoms with Crippen molar-refractivity contribution >= 4 is 6.09 Å². The molecule has 0 radical (unpaired) electrons. The molecule has 0 unspecified atom stereocenters. The number of hydrogen-bond acceptors (Lipinski definition) is 2. The highest BCUT2D eigenvalue weighted by Gasteiger charge is 2.23. The van der Waals surface area contributed by atoms with Gasteiger partial charge < -0.3 is 10.1 Å². The molecule has 1 amide bonds. The molecular weight excluding hydrogens is 214 g/mol. The van der Waals surface area contributed by atoms with E-state index in [2.05, 4.69) is 12.2 Å². The van der Waals surface area contributed by atoms with Crippen LogP contribution in [0.4, 0.5) is 4.79 Å². The van der Waals surface area contributed by atoms with Crippen molar-refractivity contribution in [1.29, 1.82) is 0 Å². The summed E-state index contributed by atoms with van der Waals surface area (Å²) in [6, 6.07) is 0.359. The molecule has 0 aromatic heterocycles. The molecule has 98 valence electrons. The lowest BCUT2D eigenvalue weighted by Crippen LogP contribution is -2.39. The molecule has 2 aliphatic carbocycles. The highest BCUT2D eigenvalue weighted by Crippen LogP contribution is 2.26. The second-order valence-corrected chi connectivity index (χ2v) is 5.78. The molecule has 0 heterocycles. The third-order valence-electron chi connectivity index (χ3n) is 4.09. The molecule has 3 nitrogen and oxygen atoms in total. The van der Waals surface area contributed by atoms with Gasteiger partial charge in [-0.3, -0.25) is 0 Å². The Labute approximate surface area is 104 Å². The fraction of sp³-hybridized carbons (Fsp3) is 0.929. The van der Waals surface area contributed by atoms with Crippen molar-refractivity contribution in [3.63, 3.8) is 0 Å². The molecule has 2 saturated carbocycles. The largest absolute Gasteiger partial charge is 0.446 e. The van der Waals surface area contributed by atoms with Crippen LogP contribution in [0.3, 0.4) is 0 Å².